The molecule has 0 aliphatic rings. The van der Waals surface area contributed by atoms with Crippen LogP contribution in [0.5, 0.6) is 17.2 Å². The number of carbonyl (C=O) groups excluding carboxylic acids is 2. The van der Waals surface area contributed by atoms with Crippen molar-refractivity contribution in [2.75, 3.05) is 19.1 Å². The van der Waals surface area contributed by atoms with Gasteiger partial charge in [-0.15, -0.1) is 13.2 Å². The second kappa shape index (κ2) is 11.0. The number of methoxy groups -OCH3 is 2. The average molecular weight is 531 g/mol. The van der Waals surface area contributed by atoms with Gasteiger partial charge in [-0.3, -0.25) is 9.69 Å². The molecule has 0 fully saturated rings. The predicted octanol–water partition coefficient (Wildman–Crippen LogP) is 4.85. The van der Waals surface area contributed by atoms with E-state index in [1.807, 2.05) is 12.1 Å². The second-order valence-electron chi connectivity index (χ2n) is 9.42. The van der Waals surface area contributed by atoms with E-state index in [2.05, 4.69) is 25.5 Å². The van der Waals surface area contributed by atoms with Crippen LogP contribution in [-0.2, 0) is 21.5 Å². The average Bonchev–Trinajstić information content (AvgIpc) is 2.85. The molecule has 202 valence electrons. The molecular weight excluding hydrogens is 503 g/mol. The summed E-state index contributed by atoms with van der Waals surface area (Å²) < 4.78 is 52.5. The Kier molecular flexibility index (Phi) is 8.24. The van der Waals surface area contributed by atoms with E-state index in [4.69, 9.17) is 9.47 Å². The number of benzene rings is 3. The van der Waals surface area contributed by atoms with Crippen molar-refractivity contribution < 1.29 is 42.1 Å². The summed E-state index contributed by atoms with van der Waals surface area (Å²) in [6.45, 7) is 6.05. The van der Waals surface area contributed by atoms with Crippen molar-refractivity contribution in [3.8, 4) is 28.4 Å². The second-order valence-corrected chi connectivity index (χ2v) is 9.42. The minimum atomic E-state index is -4.84. The number of anilines is 1. The van der Waals surface area contributed by atoms with Crippen molar-refractivity contribution in [2.45, 2.75) is 39.1 Å². The van der Waals surface area contributed by atoms with Crippen LogP contribution in [0.25, 0.3) is 11.1 Å². The first-order chi connectivity index (χ1) is 17.7. The van der Waals surface area contributed by atoms with Crippen molar-refractivity contribution >= 4 is 17.6 Å². The lowest BCUT2D eigenvalue weighted by Crippen LogP contribution is -2.44. The maximum absolute atomic E-state index is 12.8. The molecular formula is C28H27F3NO6-. The van der Waals surface area contributed by atoms with E-state index in [-0.39, 0.29) is 29.1 Å². The first-order valence-electron chi connectivity index (χ1n) is 11.5. The highest BCUT2D eigenvalue weighted by Crippen LogP contribution is 2.42. The third-order valence-electron chi connectivity index (χ3n) is 5.77. The lowest BCUT2D eigenvalue weighted by molar-refractivity contribution is -0.300. The Morgan fingerprint density at radius 2 is 1.45 bits per heavy atom. The zero-order valence-electron chi connectivity index (χ0n) is 21.5. The molecule has 3 aromatic carbocycles. The molecule has 3 aromatic rings. The van der Waals surface area contributed by atoms with E-state index in [9.17, 15) is 27.9 Å². The number of aliphatic carboxylic acids is 1. The summed E-state index contributed by atoms with van der Waals surface area (Å²) in [6, 6.07) is 15.4. The number of carbonyl (C=O) groups is 2. The number of carboxylic acids is 1. The van der Waals surface area contributed by atoms with Gasteiger partial charge in [0, 0.05) is 11.6 Å². The molecule has 38 heavy (non-hydrogen) atoms. The monoisotopic (exact) mass is 530 g/mol. The van der Waals surface area contributed by atoms with E-state index >= 15 is 0 Å². The molecule has 0 saturated heterocycles. The van der Waals surface area contributed by atoms with Gasteiger partial charge in [-0.2, -0.15) is 0 Å². The number of amides is 1. The van der Waals surface area contributed by atoms with Crippen LogP contribution < -0.4 is 24.2 Å². The number of hydrogen-bond acceptors (Lipinski definition) is 6. The van der Waals surface area contributed by atoms with Gasteiger partial charge >= 0.3 is 6.36 Å². The number of hydrogen-bond donors (Lipinski definition) is 0. The van der Waals surface area contributed by atoms with E-state index in [0.29, 0.717) is 16.7 Å². The topological polar surface area (TPSA) is 88.1 Å². The van der Waals surface area contributed by atoms with Gasteiger partial charge in [0.25, 0.3) is 5.91 Å². The molecule has 0 aromatic heterocycles. The van der Waals surface area contributed by atoms with Gasteiger partial charge in [-0.05, 0) is 40.3 Å². The van der Waals surface area contributed by atoms with E-state index in [0.717, 1.165) is 22.6 Å². The highest BCUT2D eigenvalue weighted by Gasteiger charge is 2.31. The molecule has 1 amide bonds. The zero-order valence-corrected chi connectivity index (χ0v) is 21.5. The molecule has 0 unspecified atom stereocenters. The zero-order chi connectivity index (χ0) is 28.3. The Morgan fingerprint density at radius 3 is 1.92 bits per heavy atom. The highest BCUT2D eigenvalue weighted by molar-refractivity contribution is 6.36. The van der Waals surface area contributed by atoms with Gasteiger partial charge in [-0.1, -0.05) is 57.2 Å². The minimum absolute atomic E-state index is 0.103. The smallest absolute Gasteiger partial charge is 0.540 e. The van der Waals surface area contributed by atoms with Crippen LogP contribution in [0.1, 0.15) is 31.9 Å². The molecule has 10 heteroatoms. The van der Waals surface area contributed by atoms with Crippen molar-refractivity contribution in [1.82, 2.24) is 0 Å². The third kappa shape index (κ3) is 6.76. The number of ether oxygens (including phenoxy) is 3. The van der Waals surface area contributed by atoms with E-state index in [1.54, 1.807) is 12.1 Å². The standard InChI is InChI=1S/C28H28F3NO6/c1-27(2,3)19-10-6-17(7-11-19)16-32(25(33)26(34)35)22-14-21(23(36-4)15-24(22)37-5)18-8-12-20(13-9-18)38-28(29,30)31/h6-15H,16H2,1-5H3,(H,34,35)/p-1. The summed E-state index contributed by atoms with van der Waals surface area (Å²) >= 11 is 0. The first-order valence-corrected chi connectivity index (χ1v) is 11.5. The first kappa shape index (κ1) is 28.4. The lowest BCUT2D eigenvalue weighted by Gasteiger charge is -2.27. The van der Waals surface area contributed by atoms with Crippen LogP contribution in [0.4, 0.5) is 18.9 Å². The molecule has 3 rings (SSSR count). The summed E-state index contributed by atoms with van der Waals surface area (Å²) in [7, 11) is 2.74. The number of carboxylic acid groups (broad SMARTS) is 1. The SMILES string of the molecule is COc1cc(OC)c(N(Cc2ccc(C(C)(C)C)cc2)C(=O)C(=O)[O-])cc1-c1ccc(OC(F)(F)F)cc1. The number of alkyl halides is 3. The van der Waals surface area contributed by atoms with Crippen LogP contribution in [0.3, 0.4) is 0 Å². The van der Waals surface area contributed by atoms with Crippen LogP contribution in [0.15, 0.2) is 60.7 Å². The summed E-state index contributed by atoms with van der Waals surface area (Å²) in [4.78, 5) is 25.4. The molecule has 0 aliphatic heterocycles. The van der Waals surface area contributed by atoms with Crippen LogP contribution in [0, 0.1) is 0 Å². The minimum Gasteiger partial charge on any atom is -0.540 e. The number of halogens is 3. The Morgan fingerprint density at radius 1 is 0.868 bits per heavy atom. The molecule has 7 nitrogen and oxygen atoms in total. The van der Waals surface area contributed by atoms with E-state index in [1.165, 1.54) is 38.5 Å². The molecule has 0 bridgehead atoms. The molecule has 0 N–H and O–H groups in total. The predicted molar refractivity (Wildman–Crippen MR) is 133 cm³/mol. The fraction of sp³-hybridized carbons (Fsp3) is 0.286. The third-order valence-corrected chi connectivity index (χ3v) is 5.77. The number of rotatable bonds is 7. The fourth-order valence-corrected chi connectivity index (χ4v) is 3.82. The molecule has 0 heterocycles. The van der Waals surface area contributed by atoms with Gasteiger partial charge in [0.15, 0.2) is 0 Å². The number of nitrogens with zero attached hydrogens (tertiary/aromatic N) is 1. The van der Waals surface area contributed by atoms with Crippen molar-refractivity contribution in [3.63, 3.8) is 0 Å². The van der Waals surface area contributed by atoms with Gasteiger partial charge < -0.3 is 24.1 Å². The highest BCUT2D eigenvalue weighted by atomic mass is 19.4. The summed E-state index contributed by atoms with van der Waals surface area (Å²) in [5.41, 5.74) is 2.51. The van der Waals surface area contributed by atoms with Crippen LogP contribution in [0.2, 0.25) is 0 Å². The quantitative estimate of drug-likeness (QED) is 0.406. The van der Waals surface area contributed by atoms with Gasteiger partial charge in [0.05, 0.1) is 26.5 Å². The fourth-order valence-electron chi connectivity index (χ4n) is 3.82. The molecule has 0 saturated carbocycles. The Hall–Kier alpha value is -4.21. The molecule has 0 atom stereocenters. The van der Waals surface area contributed by atoms with Gasteiger partial charge in [-0.25, -0.2) is 0 Å². The largest absolute Gasteiger partial charge is 0.573 e. The maximum Gasteiger partial charge on any atom is 0.573 e. The lowest BCUT2D eigenvalue weighted by atomic mass is 9.87. The Labute approximate surface area is 218 Å². The van der Waals surface area contributed by atoms with Crippen molar-refractivity contribution in [1.29, 1.82) is 0 Å². The summed E-state index contributed by atoms with van der Waals surface area (Å²) in [5.74, 6) is -3.20. The van der Waals surface area contributed by atoms with Crippen molar-refractivity contribution in [2.24, 2.45) is 0 Å². The van der Waals surface area contributed by atoms with Gasteiger partial charge in [0.1, 0.15) is 23.2 Å². The van der Waals surface area contributed by atoms with Crippen molar-refractivity contribution in [3.05, 3.63) is 71.8 Å². The van der Waals surface area contributed by atoms with Crippen LogP contribution in [-0.4, -0.2) is 32.5 Å². The normalized spacial score (nSPS) is 11.6. The van der Waals surface area contributed by atoms with Crippen LogP contribution >= 0.6 is 0 Å². The molecule has 0 spiro atoms. The molecule has 0 radical (unpaired) electrons. The van der Waals surface area contributed by atoms with E-state index < -0.39 is 24.0 Å². The molecule has 0 aliphatic carbocycles. The van der Waals surface area contributed by atoms with Gasteiger partial charge in [0.2, 0.25) is 0 Å². The Balaban J connectivity index is 2.09. The Bertz CT molecular complexity index is 1300. The summed E-state index contributed by atoms with van der Waals surface area (Å²) in [6.07, 6.45) is -4.84. The maximum atomic E-state index is 12.8. The summed E-state index contributed by atoms with van der Waals surface area (Å²) in [5, 5.41) is 11.6.